The first-order valence-corrected chi connectivity index (χ1v) is 9.55. The topological polar surface area (TPSA) is 50.2 Å². The highest BCUT2D eigenvalue weighted by Crippen LogP contribution is 2.17. The van der Waals surface area contributed by atoms with Crippen LogP contribution in [0.3, 0.4) is 0 Å². The van der Waals surface area contributed by atoms with Crippen molar-refractivity contribution in [3.05, 3.63) is 81.6 Å². The normalized spacial score (nSPS) is 11.0. The van der Waals surface area contributed by atoms with Crippen molar-refractivity contribution in [3.63, 3.8) is 0 Å². The van der Waals surface area contributed by atoms with Gasteiger partial charge in [0.15, 0.2) is 0 Å². The molecule has 27 heavy (non-hydrogen) atoms. The molecule has 1 N–H and O–H groups in total. The van der Waals surface area contributed by atoms with Gasteiger partial charge in [-0.3, -0.25) is 4.79 Å². The molecular formula is C21H23BrN4O. The smallest absolute Gasteiger partial charge is 0.255 e. The Labute approximate surface area is 168 Å². The van der Waals surface area contributed by atoms with E-state index in [1.54, 1.807) is 10.9 Å². The van der Waals surface area contributed by atoms with Crippen LogP contribution < -0.4 is 5.32 Å². The largest absolute Gasteiger partial charge is 0.348 e. The summed E-state index contributed by atoms with van der Waals surface area (Å²) in [4.78, 5) is 14.8. The van der Waals surface area contributed by atoms with Crippen LogP contribution in [0.15, 0.2) is 59.2 Å². The van der Waals surface area contributed by atoms with E-state index in [4.69, 9.17) is 0 Å². The minimum atomic E-state index is -0.115. The fraction of sp³-hybridized carbons (Fsp3) is 0.238. The van der Waals surface area contributed by atoms with Crippen LogP contribution in [-0.2, 0) is 13.1 Å². The van der Waals surface area contributed by atoms with E-state index in [0.717, 1.165) is 28.0 Å². The summed E-state index contributed by atoms with van der Waals surface area (Å²) in [7, 11) is 4.07. The molecule has 0 fully saturated rings. The Morgan fingerprint density at radius 1 is 1.11 bits per heavy atom. The van der Waals surface area contributed by atoms with E-state index >= 15 is 0 Å². The van der Waals surface area contributed by atoms with Crippen molar-refractivity contribution < 1.29 is 4.79 Å². The van der Waals surface area contributed by atoms with Gasteiger partial charge in [-0.1, -0.05) is 40.2 Å². The molecular weight excluding hydrogens is 404 g/mol. The fourth-order valence-electron chi connectivity index (χ4n) is 2.97. The number of nitrogens with one attached hydrogen (secondary N) is 1. The van der Waals surface area contributed by atoms with Crippen LogP contribution in [0.25, 0.3) is 5.69 Å². The van der Waals surface area contributed by atoms with E-state index in [1.807, 2.05) is 57.4 Å². The second-order valence-electron chi connectivity index (χ2n) is 6.72. The third-order valence-electron chi connectivity index (χ3n) is 4.37. The van der Waals surface area contributed by atoms with Gasteiger partial charge in [-0.05, 0) is 56.4 Å². The van der Waals surface area contributed by atoms with Gasteiger partial charge in [0.25, 0.3) is 5.91 Å². The quantitative estimate of drug-likeness (QED) is 0.649. The lowest BCUT2D eigenvalue weighted by molar-refractivity contribution is 0.0950. The minimum Gasteiger partial charge on any atom is -0.348 e. The van der Waals surface area contributed by atoms with Crippen molar-refractivity contribution in [2.24, 2.45) is 0 Å². The van der Waals surface area contributed by atoms with Crippen LogP contribution in [0.2, 0.25) is 0 Å². The average molecular weight is 427 g/mol. The Hall–Kier alpha value is -2.44. The predicted molar refractivity (Wildman–Crippen MR) is 111 cm³/mol. The van der Waals surface area contributed by atoms with Crippen LogP contribution in [0, 0.1) is 6.92 Å². The van der Waals surface area contributed by atoms with E-state index in [0.29, 0.717) is 12.1 Å². The Balaban J connectivity index is 1.74. The molecule has 140 valence electrons. The summed E-state index contributed by atoms with van der Waals surface area (Å²) in [6.45, 7) is 3.24. The highest BCUT2D eigenvalue weighted by molar-refractivity contribution is 9.10. The molecule has 6 heteroatoms. The molecule has 1 amide bonds. The maximum atomic E-state index is 12.7. The number of benzene rings is 2. The molecule has 0 saturated carbocycles. The molecule has 1 aromatic heterocycles. The lowest BCUT2D eigenvalue weighted by Crippen LogP contribution is -2.24. The number of halogens is 1. The van der Waals surface area contributed by atoms with Crippen LogP contribution in [0.4, 0.5) is 0 Å². The third kappa shape index (κ3) is 4.64. The summed E-state index contributed by atoms with van der Waals surface area (Å²) < 4.78 is 2.78. The molecule has 0 atom stereocenters. The van der Waals surface area contributed by atoms with Gasteiger partial charge in [0.05, 0.1) is 23.1 Å². The number of aromatic nitrogens is 2. The van der Waals surface area contributed by atoms with Crippen molar-refractivity contribution >= 4 is 21.8 Å². The van der Waals surface area contributed by atoms with E-state index in [1.165, 1.54) is 5.56 Å². The molecule has 1 heterocycles. The second-order valence-corrected chi connectivity index (χ2v) is 7.64. The van der Waals surface area contributed by atoms with Gasteiger partial charge in [-0.15, -0.1) is 0 Å². The average Bonchev–Trinajstić information content (AvgIpc) is 3.02. The minimum absolute atomic E-state index is 0.115. The zero-order valence-electron chi connectivity index (χ0n) is 15.7. The summed E-state index contributed by atoms with van der Waals surface area (Å²) >= 11 is 3.43. The molecule has 0 bridgehead atoms. The SMILES string of the molecule is Cc1c(C(=O)NCc2ccccc2CN(C)C)cnn1-c1ccc(Br)cc1. The highest BCUT2D eigenvalue weighted by Gasteiger charge is 2.15. The second kappa shape index (κ2) is 8.50. The maximum absolute atomic E-state index is 12.7. The first kappa shape index (κ1) is 19.3. The van der Waals surface area contributed by atoms with E-state index in [2.05, 4.69) is 43.4 Å². The lowest BCUT2D eigenvalue weighted by atomic mass is 10.1. The molecule has 5 nitrogen and oxygen atoms in total. The number of hydrogen-bond acceptors (Lipinski definition) is 3. The van der Waals surface area contributed by atoms with Gasteiger partial charge >= 0.3 is 0 Å². The van der Waals surface area contributed by atoms with Crippen LogP contribution in [0.5, 0.6) is 0 Å². The van der Waals surface area contributed by atoms with E-state index in [9.17, 15) is 4.79 Å². The molecule has 0 unspecified atom stereocenters. The molecule has 2 aromatic carbocycles. The number of carbonyl (C=O) groups is 1. The molecule has 0 saturated heterocycles. The van der Waals surface area contributed by atoms with Gasteiger partial charge in [-0.2, -0.15) is 5.10 Å². The Bertz CT molecular complexity index is 932. The maximum Gasteiger partial charge on any atom is 0.255 e. The lowest BCUT2D eigenvalue weighted by Gasteiger charge is -2.14. The van der Waals surface area contributed by atoms with Gasteiger partial charge in [0.2, 0.25) is 0 Å². The summed E-state index contributed by atoms with van der Waals surface area (Å²) in [5.74, 6) is -0.115. The Morgan fingerprint density at radius 2 is 1.78 bits per heavy atom. The highest BCUT2D eigenvalue weighted by atomic mass is 79.9. The molecule has 3 aromatic rings. The Kier molecular flexibility index (Phi) is 6.08. The molecule has 3 rings (SSSR count). The van der Waals surface area contributed by atoms with E-state index < -0.39 is 0 Å². The number of carbonyl (C=O) groups excluding carboxylic acids is 1. The fourth-order valence-corrected chi connectivity index (χ4v) is 3.24. The molecule has 0 radical (unpaired) electrons. The van der Waals surface area contributed by atoms with Crippen LogP contribution in [-0.4, -0.2) is 34.7 Å². The van der Waals surface area contributed by atoms with Crippen LogP contribution >= 0.6 is 15.9 Å². The summed E-state index contributed by atoms with van der Waals surface area (Å²) in [5.41, 5.74) is 4.66. The summed E-state index contributed by atoms with van der Waals surface area (Å²) in [5, 5.41) is 7.41. The van der Waals surface area contributed by atoms with Crippen molar-refractivity contribution in [1.82, 2.24) is 20.0 Å². The van der Waals surface area contributed by atoms with E-state index in [-0.39, 0.29) is 5.91 Å². The van der Waals surface area contributed by atoms with Gasteiger partial charge in [0.1, 0.15) is 0 Å². The van der Waals surface area contributed by atoms with Gasteiger partial charge in [0, 0.05) is 17.6 Å². The third-order valence-corrected chi connectivity index (χ3v) is 4.90. The zero-order valence-corrected chi connectivity index (χ0v) is 17.3. The van der Waals surface area contributed by atoms with Crippen molar-refractivity contribution in [1.29, 1.82) is 0 Å². The summed E-state index contributed by atoms with van der Waals surface area (Å²) in [6.07, 6.45) is 1.62. The number of hydrogen-bond donors (Lipinski definition) is 1. The predicted octanol–water partition coefficient (Wildman–Crippen LogP) is 3.93. The van der Waals surface area contributed by atoms with Crippen molar-refractivity contribution in [3.8, 4) is 5.69 Å². The summed E-state index contributed by atoms with van der Waals surface area (Å²) in [6, 6.07) is 16.0. The standard InChI is InChI=1S/C21H23BrN4O/c1-15-20(13-24-26(15)19-10-8-18(22)9-11-19)21(27)23-12-16-6-4-5-7-17(16)14-25(2)3/h4-11,13H,12,14H2,1-3H3,(H,23,27). The Morgan fingerprint density at radius 3 is 2.44 bits per heavy atom. The van der Waals surface area contributed by atoms with Gasteiger partial charge < -0.3 is 10.2 Å². The van der Waals surface area contributed by atoms with Crippen molar-refractivity contribution in [2.75, 3.05) is 14.1 Å². The number of amides is 1. The number of nitrogens with zero attached hydrogens (tertiary/aromatic N) is 3. The first-order chi connectivity index (χ1) is 13.0. The monoisotopic (exact) mass is 426 g/mol. The zero-order chi connectivity index (χ0) is 19.4. The molecule has 0 aliphatic heterocycles. The first-order valence-electron chi connectivity index (χ1n) is 8.76. The number of rotatable bonds is 6. The van der Waals surface area contributed by atoms with Crippen LogP contribution in [0.1, 0.15) is 27.2 Å². The molecule has 0 aliphatic carbocycles. The molecule has 0 aliphatic rings. The van der Waals surface area contributed by atoms with Crippen molar-refractivity contribution in [2.45, 2.75) is 20.0 Å². The molecule has 0 spiro atoms. The van der Waals surface area contributed by atoms with Gasteiger partial charge in [-0.25, -0.2) is 4.68 Å².